The van der Waals surface area contributed by atoms with Crippen LogP contribution in [0.15, 0.2) is 90.2 Å². The number of nitrogens with two attached hydrogens (primary N) is 1. The number of halogens is 2. The Bertz CT molecular complexity index is 1490. The van der Waals surface area contributed by atoms with E-state index in [0.717, 1.165) is 22.4 Å². The molecule has 1 aromatic heterocycles. The molecule has 186 valence electrons. The van der Waals surface area contributed by atoms with Gasteiger partial charge in [0, 0.05) is 40.0 Å². The number of nitrogens with zero attached hydrogens (tertiary/aromatic N) is 3. The van der Waals surface area contributed by atoms with Gasteiger partial charge < -0.3 is 15.4 Å². The zero-order chi connectivity index (χ0) is 25.9. The molecule has 5 rings (SSSR count). The van der Waals surface area contributed by atoms with Gasteiger partial charge in [-0.25, -0.2) is 0 Å². The second-order valence-corrected chi connectivity index (χ2v) is 9.57. The summed E-state index contributed by atoms with van der Waals surface area (Å²) in [7, 11) is 1.62. The summed E-state index contributed by atoms with van der Waals surface area (Å²) in [6.07, 6.45) is 3.59. The largest absolute Gasteiger partial charge is 0.497 e. The SMILES string of the molecule is COc1ccc(CN2C(=O)C(Cc3ccccc3Cl)N=C(c3cncc(N)c3)c3cc(Cl)ccc32)cc1. The van der Waals surface area contributed by atoms with Gasteiger partial charge in [-0.05, 0) is 53.6 Å². The number of fused-ring (bicyclic) bond motifs is 1. The minimum atomic E-state index is -0.735. The lowest BCUT2D eigenvalue weighted by atomic mass is 10.0. The Morgan fingerprint density at radius 3 is 2.51 bits per heavy atom. The number of benzene rings is 3. The fraction of sp³-hybridized carbons (Fsp3) is 0.138. The van der Waals surface area contributed by atoms with E-state index in [-0.39, 0.29) is 5.91 Å². The maximum Gasteiger partial charge on any atom is 0.252 e. The Labute approximate surface area is 225 Å². The van der Waals surface area contributed by atoms with E-state index in [4.69, 9.17) is 38.7 Å². The Kier molecular flexibility index (Phi) is 7.12. The van der Waals surface area contributed by atoms with E-state index < -0.39 is 6.04 Å². The van der Waals surface area contributed by atoms with Crippen molar-refractivity contribution in [2.24, 2.45) is 4.99 Å². The third kappa shape index (κ3) is 5.31. The second-order valence-electron chi connectivity index (χ2n) is 8.73. The van der Waals surface area contributed by atoms with Crippen molar-refractivity contribution < 1.29 is 9.53 Å². The maximum absolute atomic E-state index is 14.2. The molecule has 1 amide bonds. The molecule has 0 saturated heterocycles. The fourth-order valence-corrected chi connectivity index (χ4v) is 4.80. The van der Waals surface area contributed by atoms with Crippen LogP contribution in [0, 0.1) is 0 Å². The number of methoxy groups -OCH3 is 1. The van der Waals surface area contributed by atoms with Gasteiger partial charge in [0.15, 0.2) is 0 Å². The molecular formula is C29H24Cl2N4O2. The van der Waals surface area contributed by atoms with Gasteiger partial charge in [0.05, 0.1) is 30.7 Å². The lowest BCUT2D eigenvalue weighted by Gasteiger charge is -2.26. The Hall–Kier alpha value is -3.87. The first-order valence-electron chi connectivity index (χ1n) is 11.7. The highest BCUT2D eigenvalue weighted by atomic mass is 35.5. The molecule has 1 aliphatic rings. The monoisotopic (exact) mass is 530 g/mol. The highest BCUT2D eigenvalue weighted by Crippen LogP contribution is 2.33. The van der Waals surface area contributed by atoms with E-state index in [0.29, 0.717) is 45.7 Å². The molecule has 1 aliphatic heterocycles. The summed E-state index contributed by atoms with van der Waals surface area (Å²) < 4.78 is 5.29. The Morgan fingerprint density at radius 2 is 1.78 bits per heavy atom. The first-order valence-corrected chi connectivity index (χ1v) is 12.4. The van der Waals surface area contributed by atoms with Crippen LogP contribution < -0.4 is 15.4 Å². The third-order valence-electron chi connectivity index (χ3n) is 6.24. The molecule has 0 aliphatic carbocycles. The number of pyridine rings is 1. The number of benzodiazepines with no additional fused rings is 1. The molecule has 4 aromatic rings. The molecule has 0 spiro atoms. The molecule has 3 aromatic carbocycles. The summed E-state index contributed by atoms with van der Waals surface area (Å²) in [5, 5.41) is 1.12. The smallest absolute Gasteiger partial charge is 0.252 e. The summed E-state index contributed by atoms with van der Waals surface area (Å²) in [5.41, 5.74) is 11.1. The predicted octanol–water partition coefficient (Wildman–Crippen LogP) is 5.97. The van der Waals surface area contributed by atoms with Gasteiger partial charge in [-0.3, -0.25) is 14.8 Å². The number of rotatable bonds is 6. The minimum absolute atomic E-state index is 0.147. The molecule has 1 unspecified atom stereocenters. The van der Waals surface area contributed by atoms with E-state index in [1.165, 1.54) is 0 Å². The van der Waals surface area contributed by atoms with E-state index in [1.807, 2.05) is 60.7 Å². The van der Waals surface area contributed by atoms with Crippen molar-refractivity contribution in [2.75, 3.05) is 17.7 Å². The standard InChI is InChI=1S/C29H24Cl2N4O2/c1-37-23-9-6-18(7-10-23)17-35-27-11-8-21(30)14-24(27)28(20-12-22(32)16-33-15-20)34-26(29(35)36)13-19-4-2-3-5-25(19)31/h2-12,14-16,26H,13,17,32H2,1H3. The van der Waals surface area contributed by atoms with E-state index in [2.05, 4.69) is 4.98 Å². The number of ether oxygens (including phenoxy) is 1. The van der Waals surface area contributed by atoms with Crippen molar-refractivity contribution in [3.63, 3.8) is 0 Å². The number of carbonyl (C=O) groups is 1. The second kappa shape index (κ2) is 10.6. The van der Waals surface area contributed by atoms with Gasteiger partial charge >= 0.3 is 0 Å². The molecule has 0 fully saturated rings. The molecule has 2 heterocycles. The van der Waals surface area contributed by atoms with Crippen LogP contribution in [-0.2, 0) is 17.8 Å². The molecule has 2 N–H and O–H groups in total. The molecule has 6 nitrogen and oxygen atoms in total. The number of hydrogen-bond acceptors (Lipinski definition) is 5. The summed E-state index contributed by atoms with van der Waals surface area (Å²) in [4.78, 5) is 25.2. The van der Waals surface area contributed by atoms with Gasteiger partial charge in [0.1, 0.15) is 11.8 Å². The lowest BCUT2D eigenvalue weighted by molar-refractivity contribution is -0.119. The molecule has 8 heteroatoms. The van der Waals surface area contributed by atoms with Gasteiger partial charge in [-0.2, -0.15) is 0 Å². The topological polar surface area (TPSA) is 80.8 Å². The number of aromatic nitrogens is 1. The van der Waals surface area contributed by atoms with Gasteiger partial charge in [-0.15, -0.1) is 0 Å². The third-order valence-corrected chi connectivity index (χ3v) is 6.85. The normalized spacial score (nSPS) is 15.1. The van der Waals surface area contributed by atoms with Crippen LogP contribution in [0.25, 0.3) is 0 Å². The molecule has 0 saturated carbocycles. The van der Waals surface area contributed by atoms with Crippen molar-refractivity contribution >= 4 is 46.2 Å². The molecule has 0 bridgehead atoms. The van der Waals surface area contributed by atoms with Gasteiger partial charge in [0.25, 0.3) is 5.91 Å². The first-order chi connectivity index (χ1) is 17.9. The zero-order valence-corrected chi connectivity index (χ0v) is 21.6. The van der Waals surface area contributed by atoms with Crippen LogP contribution in [0.1, 0.15) is 22.3 Å². The van der Waals surface area contributed by atoms with Crippen LogP contribution in [0.3, 0.4) is 0 Å². The van der Waals surface area contributed by atoms with Crippen LogP contribution in [-0.4, -0.2) is 29.8 Å². The first kappa shape index (κ1) is 24.8. The summed E-state index contributed by atoms with van der Waals surface area (Å²) in [6, 6.07) is 21.6. The molecule has 0 radical (unpaired) electrons. The number of amides is 1. The average molecular weight is 531 g/mol. The maximum atomic E-state index is 14.2. The number of nitrogen functional groups attached to an aromatic ring is 1. The van der Waals surface area contributed by atoms with E-state index in [1.54, 1.807) is 36.5 Å². The van der Waals surface area contributed by atoms with E-state index >= 15 is 0 Å². The average Bonchev–Trinajstić information content (AvgIpc) is 3.01. The van der Waals surface area contributed by atoms with Gasteiger partial charge in [-0.1, -0.05) is 53.5 Å². The lowest BCUT2D eigenvalue weighted by Crippen LogP contribution is -2.38. The van der Waals surface area contributed by atoms with Crippen molar-refractivity contribution in [2.45, 2.75) is 19.0 Å². The van der Waals surface area contributed by atoms with Crippen LogP contribution in [0.5, 0.6) is 5.75 Å². The summed E-state index contributed by atoms with van der Waals surface area (Å²) in [6.45, 7) is 0.342. The highest BCUT2D eigenvalue weighted by molar-refractivity contribution is 6.32. The number of anilines is 2. The van der Waals surface area contributed by atoms with Crippen molar-refractivity contribution in [1.82, 2.24) is 4.98 Å². The van der Waals surface area contributed by atoms with E-state index in [9.17, 15) is 4.79 Å². The Morgan fingerprint density at radius 1 is 1.00 bits per heavy atom. The number of hydrogen-bond donors (Lipinski definition) is 1. The zero-order valence-electron chi connectivity index (χ0n) is 20.1. The molecule has 37 heavy (non-hydrogen) atoms. The fourth-order valence-electron chi connectivity index (χ4n) is 4.41. The van der Waals surface area contributed by atoms with Gasteiger partial charge in [0.2, 0.25) is 0 Å². The van der Waals surface area contributed by atoms with Crippen LogP contribution in [0.2, 0.25) is 10.0 Å². The highest BCUT2D eigenvalue weighted by Gasteiger charge is 2.33. The van der Waals surface area contributed by atoms with Crippen molar-refractivity contribution in [3.05, 3.63) is 117 Å². The Balaban J connectivity index is 1.66. The quantitative estimate of drug-likeness (QED) is 0.332. The van der Waals surface area contributed by atoms with Crippen LogP contribution >= 0.6 is 23.2 Å². The summed E-state index contributed by atoms with van der Waals surface area (Å²) in [5.74, 6) is 0.598. The minimum Gasteiger partial charge on any atom is -0.497 e. The number of carbonyl (C=O) groups excluding carboxylic acids is 1. The predicted molar refractivity (Wildman–Crippen MR) is 149 cm³/mol. The van der Waals surface area contributed by atoms with Crippen molar-refractivity contribution in [1.29, 1.82) is 0 Å². The molecular weight excluding hydrogens is 507 g/mol. The molecule has 1 atom stereocenters. The van der Waals surface area contributed by atoms with Crippen LogP contribution in [0.4, 0.5) is 11.4 Å². The van der Waals surface area contributed by atoms with Crippen molar-refractivity contribution in [3.8, 4) is 5.75 Å². The summed E-state index contributed by atoms with van der Waals surface area (Å²) >= 11 is 12.9. The number of aliphatic imine (C=N–C) groups is 1.